The van der Waals surface area contributed by atoms with Crippen LogP contribution in [0.2, 0.25) is 0 Å². The largest absolute Gasteiger partial charge is 0.489 e. The summed E-state index contributed by atoms with van der Waals surface area (Å²) in [4.78, 5) is 11.6. The van der Waals surface area contributed by atoms with E-state index in [1.165, 1.54) is 13.2 Å². The molecule has 1 fully saturated rings. The van der Waals surface area contributed by atoms with Crippen molar-refractivity contribution in [3.05, 3.63) is 65.2 Å². The van der Waals surface area contributed by atoms with Crippen molar-refractivity contribution in [2.45, 2.75) is 31.2 Å². The summed E-state index contributed by atoms with van der Waals surface area (Å²) in [6, 6.07) is 12.2. The Morgan fingerprint density at radius 2 is 1.85 bits per heavy atom. The Morgan fingerprint density at radius 1 is 1.19 bits per heavy atom. The molecule has 0 unspecified atom stereocenters. The predicted molar refractivity (Wildman–Crippen MR) is 90.9 cm³/mol. The van der Waals surface area contributed by atoms with Crippen LogP contribution in [-0.4, -0.2) is 18.2 Å². The molecule has 0 radical (unpaired) electrons. The minimum atomic E-state index is -4.55. The lowest BCUT2D eigenvalue weighted by molar-refractivity contribution is -0.163. The third-order valence-corrected chi connectivity index (χ3v) is 4.75. The normalized spacial score (nSPS) is 22.0. The van der Waals surface area contributed by atoms with E-state index in [1.54, 1.807) is 0 Å². The van der Waals surface area contributed by atoms with Crippen LogP contribution in [-0.2, 0) is 27.9 Å². The molecule has 27 heavy (non-hydrogen) atoms. The van der Waals surface area contributed by atoms with E-state index in [-0.39, 0.29) is 30.8 Å². The van der Waals surface area contributed by atoms with Gasteiger partial charge in [-0.25, -0.2) is 0 Å². The van der Waals surface area contributed by atoms with E-state index < -0.39 is 29.2 Å². The fourth-order valence-corrected chi connectivity index (χ4v) is 3.24. The lowest BCUT2D eigenvalue weighted by Crippen LogP contribution is -2.45. The van der Waals surface area contributed by atoms with Crippen LogP contribution in [0, 0.1) is 5.92 Å². The van der Waals surface area contributed by atoms with Crippen molar-refractivity contribution in [2.75, 3.05) is 7.11 Å². The van der Waals surface area contributed by atoms with Gasteiger partial charge in [0.25, 0.3) is 0 Å². The summed E-state index contributed by atoms with van der Waals surface area (Å²) in [5.41, 5.74) is -1.56. The average molecular weight is 380 g/mol. The Balaban J connectivity index is 1.88. The molecule has 2 aromatic carbocycles. The Labute approximate surface area is 154 Å². The van der Waals surface area contributed by atoms with E-state index in [4.69, 9.17) is 4.74 Å². The van der Waals surface area contributed by atoms with Gasteiger partial charge in [-0.3, -0.25) is 4.79 Å². The monoisotopic (exact) mass is 380 g/mol. The van der Waals surface area contributed by atoms with Crippen LogP contribution < -0.4 is 4.74 Å². The van der Waals surface area contributed by atoms with Gasteiger partial charge < -0.3 is 14.6 Å². The van der Waals surface area contributed by atoms with Gasteiger partial charge in [-0.05, 0) is 36.6 Å². The third kappa shape index (κ3) is 4.08. The number of esters is 1. The molecule has 2 aromatic rings. The molecule has 1 N–H and O–H groups in total. The van der Waals surface area contributed by atoms with E-state index in [0.717, 1.165) is 17.7 Å². The van der Waals surface area contributed by atoms with Crippen molar-refractivity contribution in [3.8, 4) is 5.75 Å². The van der Waals surface area contributed by atoms with E-state index >= 15 is 0 Å². The number of carbonyl (C=O) groups is 1. The molecule has 4 nitrogen and oxygen atoms in total. The Kier molecular flexibility index (Phi) is 5.15. The maximum Gasteiger partial charge on any atom is 0.416 e. The first-order valence-corrected chi connectivity index (χ1v) is 8.41. The molecule has 7 heteroatoms. The smallest absolute Gasteiger partial charge is 0.416 e. The SMILES string of the molecule is COC(=O)C1CC(O)(c2cc(C(F)(F)F)ccc2OCc2ccccc2)C1. The van der Waals surface area contributed by atoms with Crippen LogP contribution in [0.15, 0.2) is 48.5 Å². The Hall–Kier alpha value is -2.54. The maximum absolute atomic E-state index is 13.1. The number of carbonyl (C=O) groups excluding carboxylic acids is 1. The van der Waals surface area contributed by atoms with Crippen LogP contribution in [0.4, 0.5) is 13.2 Å². The Bertz CT molecular complexity index is 812. The molecule has 0 heterocycles. The number of hydrogen-bond acceptors (Lipinski definition) is 4. The number of benzene rings is 2. The number of alkyl halides is 3. The van der Waals surface area contributed by atoms with Gasteiger partial charge in [-0.15, -0.1) is 0 Å². The number of methoxy groups -OCH3 is 1. The molecule has 0 bridgehead atoms. The van der Waals surface area contributed by atoms with Gasteiger partial charge in [0.05, 0.1) is 24.2 Å². The lowest BCUT2D eigenvalue weighted by Gasteiger charge is -2.43. The lowest BCUT2D eigenvalue weighted by atomic mass is 9.67. The quantitative estimate of drug-likeness (QED) is 0.795. The molecular formula is C20H19F3O4. The van der Waals surface area contributed by atoms with Gasteiger partial charge in [0.1, 0.15) is 12.4 Å². The zero-order chi connectivity index (χ0) is 19.7. The summed E-state index contributed by atoms with van der Waals surface area (Å²) in [7, 11) is 1.23. The minimum absolute atomic E-state index is 0.0112. The second-order valence-corrected chi connectivity index (χ2v) is 6.64. The fraction of sp³-hybridized carbons (Fsp3) is 0.350. The van der Waals surface area contributed by atoms with E-state index in [0.29, 0.717) is 0 Å². The summed E-state index contributed by atoms with van der Waals surface area (Å²) >= 11 is 0. The van der Waals surface area contributed by atoms with Crippen LogP contribution in [0.1, 0.15) is 29.5 Å². The first-order chi connectivity index (χ1) is 12.7. The summed E-state index contributed by atoms with van der Waals surface area (Å²) < 4.78 is 49.7. The van der Waals surface area contributed by atoms with Gasteiger partial charge in [0, 0.05) is 5.56 Å². The van der Waals surface area contributed by atoms with Crippen LogP contribution in [0.3, 0.4) is 0 Å². The van der Waals surface area contributed by atoms with Crippen molar-refractivity contribution in [2.24, 2.45) is 5.92 Å². The molecule has 0 saturated heterocycles. The summed E-state index contributed by atoms with van der Waals surface area (Å²) in [6.45, 7) is 0.149. The number of rotatable bonds is 5. The average Bonchev–Trinajstić information content (AvgIpc) is 2.63. The molecule has 1 saturated carbocycles. The number of ether oxygens (including phenoxy) is 2. The molecule has 0 aliphatic heterocycles. The van der Waals surface area contributed by atoms with Crippen molar-refractivity contribution in [1.29, 1.82) is 0 Å². The molecular weight excluding hydrogens is 361 g/mol. The Morgan fingerprint density at radius 3 is 2.44 bits per heavy atom. The molecule has 1 aliphatic rings. The second-order valence-electron chi connectivity index (χ2n) is 6.64. The summed E-state index contributed by atoms with van der Waals surface area (Å²) in [5.74, 6) is -0.868. The second kappa shape index (κ2) is 7.23. The van der Waals surface area contributed by atoms with E-state index in [2.05, 4.69) is 4.74 Å². The van der Waals surface area contributed by atoms with Gasteiger partial charge in [0.2, 0.25) is 0 Å². The molecule has 1 aliphatic carbocycles. The van der Waals surface area contributed by atoms with Gasteiger partial charge >= 0.3 is 12.1 Å². The number of aliphatic hydroxyl groups is 1. The topological polar surface area (TPSA) is 55.8 Å². The molecule has 0 aromatic heterocycles. The number of hydrogen-bond donors (Lipinski definition) is 1. The maximum atomic E-state index is 13.1. The molecule has 144 valence electrons. The van der Waals surface area contributed by atoms with Crippen molar-refractivity contribution in [3.63, 3.8) is 0 Å². The van der Waals surface area contributed by atoms with Crippen molar-refractivity contribution >= 4 is 5.97 Å². The summed E-state index contributed by atoms with van der Waals surface area (Å²) in [6.07, 6.45) is -4.57. The van der Waals surface area contributed by atoms with E-state index in [9.17, 15) is 23.1 Å². The zero-order valence-electron chi connectivity index (χ0n) is 14.6. The third-order valence-electron chi connectivity index (χ3n) is 4.75. The van der Waals surface area contributed by atoms with Crippen LogP contribution in [0.5, 0.6) is 5.75 Å². The van der Waals surface area contributed by atoms with Crippen LogP contribution >= 0.6 is 0 Å². The van der Waals surface area contributed by atoms with Crippen molar-refractivity contribution < 1.29 is 32.5 Å². The fourth-order valence-electron chi connectivity index (χ4n) is 3.24. The zero-order valence-corrected chi connectivity index (χ0v) is 14.6. The highest BCUT2D eigenvalue weighted by Gasteiger charge is 2.50. The molecule has 0 atom stereocenters. The van der Waals surface area contributed by atoms with E-state index in [1.807, 2.05) is 30.3 Å². The molecule has 3 rings (SSSR count). The van der Waals surface area contributed by atoms with Crippen molar-refractivity contribution in [1.82, 2.24) is 0 Å². The highest BCUT2D eigenvalue weighted by Crippen LogP contribution is 2.50. The molecule has 0 amide bonds. The standard InChI is InChI=1S/C20H19F3O4/c1-26-18(24)14-10-19(25,11-14)16-9-15(20(21,22)23)7-8-17(16)27-12-13-5-3-2-4-6-13/h2-9,14,25H,10-12H2,1H3. The summed E-state index contributed by atoms with van der Waals surface area (Å²) in [5, 5.41) is 10.8. The highest BCUT2D eigenvalue weighted by atomic mass is 19.4. The predicted octanol–water partition coefficient (Wildman–Crippen LogP) is 4.06. The van der Waals surface area contributed by atoms with Gasteiger partial charge in [0.15, 0.2) is 0 Å². The minimum Gasteiger partial charge on any atom is -0.489 e. The van der Waals surface area contributed by atoms with Gasteiger partial charge in [-0.2, -0.15) is 13.2 Å². The first kappa shape index (κ1) is 19.2. The van der Waals surface area contributed by atoms with Crippen LogP contribution in [0.25, 0.3) is 0 Å². The number of halogens is 3. The molecule has 0 spiro atoms. The highest BCUT2D eigenvalue weighted by molar-refractivity contribution is 5.74. The van der Waals surface area contributed by atoms with Gasteiger partial charge in [-0.1, -0.05) is 30.3 Å². The first-order valence-electron chi connectivity index (χ1n) is 8.41.